The number of alkyl halides is 3. The molecule has 0 atom stereocenters. The average Bonchev–Trinajstić information content (AvgIpc) is 3.20. The second-order valence-corrected chi connectivity index (χ2v) is 6.42. The molecule has 0 saturated carbocycles. The fourth-order valence-corrected chi connectivity index (χ4v) is 2.89. The molecule has 0 spiro atoms. The van der Waals surface area contributed by atoms with Crippen molar-refractivity contribution in [1.29, 1.82) is 0 Å². The molecule has 156 valence electrons. The topological polar surface area (TPSA) is 76.0 Å². The number of para-hydroxylation sites is 1. The Morgan fingerprint density at radius 1 is 0.967 bits per heavy atom. The number of imidazole rings is 1. The molecule has 9 heteroatoms. The third-order valence-electron chi connectivity index (χ3n) is 4.30. The van der Waals surface area contributed by atoms with Gasteiger partial charge in [-0.3, -0.25) is 9.59 Å². The van der Waals surface area contributed by atoms with Gasteiger partial charge >= 0.3 is 18.0 Å². The summed E-state index contributed by atoms with van der Waals surface area (Å²) in [5, 5.41) is 4.43. The molecule has 0 aliphatic rings. The second-order valence-electron chi connectivity index (χ2n) is 6.42. The van der Waals surface area contributed by atoms with Crippen molar-refractivity contribution in [3.8, 4) is 11.4 Å². The third kappa shape index (κ3) is 5.25. The Balaban J connectivity index is 1.51. The minimum absolute atomic E-state index is 0.180. The number of carbonyl (C=O) groups is 2. The van der Waals surface area contributed by atoms with E-state index in [1.807, 2.05) is 46.4 Å². The number of hydrogen-bond acceptors (Lipinski definition) is 3. The number of rotatable bonds is 6. The number of amides is 2. The van der Waals surface area contributed by atoms with Gasteiger partial charge in [0, 0.05) is 31.0 Å². The first-order valence-electron chi connectivity index (χ1n) is 9.18. The summed E-state index contributed by atoms with van der Waals surface area (Å²) in [5.41, 5.74) is -0.523. The lowest BCUT2D eigenvalue weighted by atomic mass is 10.1. The van der Waals surface area contributed by atoms with Crippen LogP contribution in [-0.4, -0.2) is 27.9 Å². The summed E-state index contributed by atoms with van der Waals surface area (Å²) in [4.78, 5) is 28.2. The van der Waals surface area contributed by atoms with Gasteiger partial charge in [-0.05, 0) is 18.6 Å². The van der Waals surface area contributed by atoms with Gasteiger partial charge in [0.25, 0.3) is 0 Å². The smallest absolute Gasteiger partial charge is 0.348 e. The summed E-state index contributed by atoms with van der Waals surface area (Å²) in [7, 11) is 0. The number of anilines is 1. The molecule has 1 heterocycles. The van der Waals surface area contributed by atoms with Crippen molar-refractivity contribution in [2.24, 2.45) is 0 Å². The van der Waals surface area contributed by atoms with Crippen LogP contribution in [0.4, 0.5) is 18.9 Å². The maximum Gasteiger partial charge on any atom is 0.418 e. The summed E-state index contributed by atoms with van der Waals surface area (Å²) in [6.07, 6.45) is -0.645. The maximum absolute atomic E-state index is 13.0. The zero-order chi connectivity index (χ0) is 21.6. The molecule has 0 bridgehead atoms. The van der Waals surface area contributed by atoms with Gasteiger partial charge in [-0.15, -0.1) is 0 Å². The Bertz CT molecular complexity index is 1020. The molecule has 2 N–H and O–H groups in total. The van der Waals surface area contributed by atoms with Crippen molar-refractivity contribution in [3.63, 3.8) is 0 Å². The number of nitrogens with one attached hydrogen (secondary N) is 2. The lowest BCUT2D eigenvalue weighted by Gasteiger charge is -2.13. The fourth-order valence-electron chi connectivity index (χ4n) is 2.89. The van der Waals surface area contributed by atoms with Crippen LogP contribution in [0.2, 0.25) is 0 Å². The third-order valence-corrected chi connectivity index (χ3v) is 4.30. The van der Waals surface area contributed by atoms with Gasteiger partial charge in [-0.1, -0.05) is 42.5 Å². The largest absolute Gasteiger partial charge is 0.418 e. The van der Waals surface area contributed by atoms with E-state index in [1.165, 1.54) is 12.1 Å². The van der Waals surface area contributed by atoms with E-state index in [0.29, 0.717) is 13.0 Å². The minimum Gasteiger partial charge on any atom is -0.348 e. The predicted molar refractivity (Wildman–Crippen MR) is 105 cm³/mol. The van der Waals surface area contributed by atoms with Crippen LogP contribution in [0.15, 0.2) is 67.0 Å². The van der Waals surface area contributed by atoms with Gasteiger partial charge in [0.05, 0.1) is 11.3 Å². The monoisotopic (exact) mass is 416 g/mol. The molecule has 30 heavy (non-hydrogen) atoms. The SMILES string of the molecule is O=C(NCCCn1ccnc1-c1ccccc1)C(=O)Nc1ccccc1C(F)(F)F. The summed E-state index contributed by atoms with van der Waals surface area (Å²) < 4.78 is 40.9. The van der Waals surface area contributed by atoms with Crippen LogP contribution >= 0.6 is 0 Å². The van der Waals surface area contributed by atoms with Gasteiger partial charge in [0.15, 0.2) is 0 Å². The van der Waals surface area contributed by atoms with Gasteiger partial charge in [0.2, 0.25) is 0 Å². The normalized spacial score (nSPS) is 11.2. The lowest BCUT2D eigenvalue weighted by Crippen LogP contribution is -2.36. The fraction of sp³-hybridized carbons (Fsp3) is 0.190. The molecule has 0 fully saturated rings. The standard InChI is InChI=1S/C21H19F3N4O2/c22-21(23,24)16-9-4-5-10-17(16)27-20(30)19(29)26-11-6-13-28-14-12-25-18(28)15-7-2-1-3-8-15/h1-5,7-10,12,14H,6,11,13H2,(H,26,29)(H,27,30). The predicted octanol–water partition coefficient (Wildman–Crippen LogP) is 3.71. The van der Waals surface area contributed by atoms with Crippen molar-refractivity contribution < 1.29 is 22.8 Å². The van der Waals surface area contributed by atoms with Crippen LogP contribution in [0.5, 0.6) is 0 Å². The number of aryl methyl sites for hydroxylation is 1. The quantitative estimate of drug-likeness (QED) is 0.475. The van der Waals surface area contributed by atoms with Gasteiger partial charge < -0.3 is 15.2 Å². The molecule has 0 unspecified atom stereocenters. The highest BCUT2D eigenvalue weighted by Crippen LogP contribution is 2.34. The highest BCUT2D eigenvalue weighted by Gasteiger charge is 2.34. The van der Waals surface area contributed by atoms with E-state index in [0.717, 1.165) is 23.5 Å². The van der Waals surface area contributed by atoms with Crippen molar-refractivity contribution in [3.05, 3.63) is 72.6 Å². The van der Waals surface area contributed by atoms with Gasteiger partial charge in [-0.25, -0.2) is 4.98 Å². The van der Waals surface area contributed by atoms with E-state index in [1.54, 1.807) is 6.20 Å². The summed E-state index contributed by atoms with van der Waals surface area (Å²) in [6, 6.07) is 14.1. The van der Waals surface area contributed by atoms with Crippen LogP contribution in [0.25, 0.3) is 11.4 Å². The molecule has 0 aliphatic carbocycles. The number of hydrogen-bond donors (Lipinski definition) is 2. The average molecular weight is 416 g/mol. The molecular formula is C21H19F3N4O2. The first-order valence-corrected chi connectivity index (χ1v) is 9.18. The van der Waals surface area contributed by atoms with E-state index in [9.17, 15) is 22.8 Å². The number of halogens is 3. The zero-order valence-electron chi connectivity index (χ0n) is 15.8. The number of benzene rings is 2. The second kappa shape index (κ2) is 9.25. The van der Waals surface area contributed by atoms with Crippen molar-refractivity contribution in [2.75, 3.05) is 11.9 Å². The Kier molecular flexibility index (Phi) is 6.51. The maximum atomic E-state index is 13.0. The van der Waals surface area contributed by atoms with Crippen molar-refractivity contribution in [1.82, 2.24) is 14.9 Å². The molecular weight excluding hydrogens is 397 g/mol. The molecule has 3 rings (SSSR count). The Labute approximate surface area is 170 Å². The Morgan fingerprint density at radius 3 is 2.40 bits per heavy atom. The van der Waals surface area contributed by atoms with Crippen molar-refractivity contribution in [2.45, 2.75) is 19.1 Å². The molecule has 0 saturated heterocycles. The highest BCUT2D eigenvalue weighted by molar-refractivity contribution is 6.39. The highest BCUT2D eigenvalue weighted by atomic mass is 19.4. The molecule has 2 amide bonds. The Morgan fingerprint density at radius 2 is 1.67 bits per heavy atom. The first kappa shape index (κ1) is 21.1. The molecule has 3 aromatic rings. The van der Waals surface area contributed by atoms with E-state index < -0.39 is 29.2 Å². The number of carbonyl (C=O) groups excluding carboxylic acids is 2. The molecule has 1 aromatic heterocycles. The van der Waals surface area contributed by atoms with Crippen molar-refractivity contribution >= 4 is 17.5 Å². The van der Waals surface area contributed by atoms with Gasteiger partial charge in [-0.2, -0.15) is 13.2 Å². The van der Waals surface area contributed by atoms with E-state index >= 15 is 0 Å². The summed E-state index contributed by atoms with van der Waals surface area (Å²) in [5.74, 6) is -1.37. The molecule has 6 nitrogen and oxygen atoms in total. The van der Waals surface area contributed by atoms with Gasteiger partial charge in [0.1, 0.15) is 5.82 Å². The molecule has 0 aliphatic heterocycles. The zero-order valence-corrected chi connectivity index (χ0v) is 15.8. The molecule has 2 aromatic carbocycles. The first-order chi connectivity index (χ1) is 14.4. The van der Waals surface area contributed by atoms with E-state index in [-0.39, 0.29) is 6.54 Å². The van der Waals surface area contributed by atoms with Crippen LogP contribution < -0.4 is 10.6 Å². The van der Waals surface area contributed by atoms with E-state index in [2.05, 4.69) is 10.3 Å². The number of nitrogens with zero attached hydrogens (tertiary/aromatic N) is 2. The summed E-state index contributed by atoms with van der Waals surface area (Å²) in [6.45, 7) is 0.725. The van der Waals surface area contributed by atoms with Crippen LogP contribution in [0, 0.1) is 0 Å². The summed E-state index contributed by atoms with van der Waals surface area (Å²) >= 11 is 0. The number of aromatic nitrogens is 2. The Hall–Kier alpha value is -3.62. The molecule has 0 radical (unpaired) electrons. The lowest BCUT2D eigenvalue weighted by molar-refractivity contribution is -0.138. The van der Waals surface area contributed by atoms with Crippen LogP contribution in [0.1, 0.15) is 12.0 Å². The van der Waals surface area contributed by atoms with Crippen LogP contribution in [-0.2, 0) is 22.3 Å². The van der Waals surface area contributed by atoms with E-state index in [4.69, 9.17) is 0 Å². The van der Waals surface area contributed by atoms with Crippen LogP contribution in [0.3, 0.4) is 0 Å². The minimum atomic E-state index is -4.64.